The molecule has 2 aromatic carbocycles. The molecule has 1 aliphatic rings. The van der Waals surface area contributed by atoms with Crippen LogP contribution in [0.5, 0.6) is 0 Å². The van der Waals surface area contributed by atoms with Crippen molar-refractivity contribution in [1.82, 2.24) is 4.90 Å². The zero-order chi connectivity index (χ0) is 20.1. The first-order valence-electron chi connectivity index (χ1n) is 9.94. The van der Waals surface area contributed by atoms with E-state index in [4.69, 9.17) is 0 Å². The van der Waals surface area contributed by atoms with E-state index in [0.29, 0.717) is 24.6 Å². The summed E-state index contributed by atoms with van der Waals surface area (Å²) in [5, 5.41) is 3.08. The van der Waals surface area contributed by atoms with Gasteiger partial charge >= 0.3 is 0 Å². The smallest absolute Gasteiger partial charge is 0.253 e. The summed E-state index contributed by atoms with van der Waals surface area (Å²) in [6.45, 7) is 5.27. The van der Waals surface area contributed by atoms with Gasteiger partial charge in [-0.1, -0.05) is 32.0 Å². The molecule has 28 heavy (non-hydrogen) atoms. The Balaban J connectivity index is 1.68. The van der Waals surface area contributed by atoms with Crippen molar-refractivity contribution < 1.29 is 14.0 Å². The first kappa shape index (κ1) is 20.1. The molecule has 5 heteroatoms. The fraction of sp³-hybridized carbons (Fsp3) is 0.391. The average Bonchev–Trinajstić information content (AvgIpc) is 2.73. The summed E-state index contributed by atoms with van der Waals surface area (Å²) in [7, 11) is 0. The maximum Gasteiger partial charge on any atom is 0.253 e. The molecule has 0 unspecified atom stereocenters. The standard InChI is InChI=1S/C23H27FN2O2/c1-3-16(2)20-8-4-5-9-21(20)25-22(27)18-7-6-14-26(15-18)23(28)17-10-12-19(24)13-11-17/h4-5,8-13,16,18H,3,6-7,14-15H2,1-2H3,(H,25,27)/t16-,18+/m0/s1. The highest BCUT2D eigenvalue weighted by Crippen LogP contribution is 2.28. The Labute approximate surface area is 165 Å². The lowest BCUT2D eigenvalue weighted by atomic mass is 9.94. The highest BCUT2D eigenvalue weighted by Gasteiger charge is 2.29. The molecule has 0 aromatic heterocycles. The Morgan fingerprint density at radius 1 is 1.18 bits per heavy atom. The quantitative estimate of drug-likeness (QED) is 0.805. The molecule has 1 heterocycles. The van der Waals surface area contributed by atoms with Crippen LogP contribution in [-0.2, 0) is 4.79 Å². The highest BCUT2D eigenvalue weighted by atomic mass is 19.1. The van der Waals surface area contributed by atoms with Crippen molar-refractivity contribution in [3.05, 3.63) is 65.5 Å². The summed E-state index contributed by atoms with van der Waals surface area (Å²) in [4.78, 5) is 27.3. The van der Waals surface area contributed by atoms with E-state index in [1.807, 2.05) is 18.2 Å². The molecule has 0 saturated carbocycles. The van der Waals surface area contributed by atoms with Crippen LogP contribution in [0.15, 0.2) is 48.5 Å². The first-order chi connectivity index (χ1) is 13.5. The zero-order valence-corrected chi connectivity index (χ0v) is 16.5. The van der Waals surface area contributed by atoms with Gasteiger partial charge in [0.1, 0.15) is 5.82 Å². The van der Waals surface area contributed by atoms with Crippen LogP contribution < -0.4 is 5.32 Å². The number of hydrogen-bond acceptors (Lipinski definition) is 2. The van der Waals surface area contributed by atoms with Gasteiger partial charge in [0, 0.05) is 24.3 Å². The Morgan fingerprint density at radius 3 is 2.61 bits per heavy atom. The fourth-order valence-electron chi connectivity index (χ4n) is 3.65. The topological polar surface area (TPSA) is 49.4 Å². The number of carbonyl (C=O) groups is 2. The number of piperidine rings is 1. The third-order valence-corrected chi connectivity index (χ3v) is 5.53. The summed E-state index contributed by atoms with van der Waals surface area (Å²) in [6, 6.07) is 13.4. The number of benzene rings is 2. The number of rotatable bonds is 5. The van der Waals surface area contributed by atoms with E-state index >= 15 is 0 Å². The van der Waals surface area contributed by atoms with Gasteiger partial charge in [0.25, 0.3) is 5.91 Å². The van der Waals surface area contributed by atoms with E-state index in [2.05, 4.69) is 25.2 Å². The number of hydrogen-bond donors (Lipinski definition) is 1. The summed E-state index contributed by atoms with van der Waals surface area (Å²) >= 11 is 0. The largest absolute Gasteiger partial charge is 0.338 e. The predicted molar refractivity (Wildman–Crippen MR) is 109 cm³/mol. The zero-order valence-electron chi connectivity index (χ0n) is 16.5. The molecule has 1 N–H and O–H groups in total. The second kappa shape index (κ2) is 9.00. The second-order valence-corrected chi connectivity index (χ2v) is 7.48. The summed E-state index contributed by atoms with van der Waals surface area (Å²) < 4.78 is 13.1. The van der Waals surface area contributed by atoms with Gasteiger partial charge in [0.2, 0.25) is 5.91 Å². The van der Waals surface area contributed by atoms with Gasteiger partial charge in [0.15, 0.2) is 0 Å². The van der Waals surface area contributed by atoms with Crippen LogP contribution in [0.4, 0.5) is 10.1 Å². The number of nitrogens with one attached hydrogen (secondary N) is 1. The van der Waals surface area contributed by atoms with Crippen molar-refractivity contribution >= 4 is 17.5 Å². The van der Waals surface area contributed by atoms with Gasteiger partial charge in [0.05, 0.1) is 5.92 Å². The number of para-hydroxylation sites is 1. The summed E-state index contributed by atoms with van der Waals surface area (Å²) in [5.41, 5.74) is 2.43. The molecule has 3 rings (SSSR count). The molecule has 1 fully saturated rings. The predicted octanol–water partition coefficient (Wildman–Crippen LogP) is 4.83. The third kappa shape index (κ3) is 4.58. The van der Waals surface area contributed by atoms with Crippen LogP contribution in [0.25, 0.3) is 0 Å². The number of halogens is 1. The van der Waals surface area contributed by atoms with Crippen molar-refractivity contribution in [1.29, 1.82) is 0 Å². The van der Waals surface area contributed by atoms with Gasteiger partial charge in [-0.15, -0.1) is 0 Å². The first-order valence-corrected chi connectivity index (χ1v) is 9.94. The number of nitrogens with zero attached hydrogens (tertiary/aromatic N) is 1. The van der Waals surface area contributed by atoms with E-state index in [0.717, 1.165) is 30.5 Å². The Bertz CT molecular complexity index is 835. The highest BCUT2D eigenvalue weighted by molar-refractivity contribution is 5.96. The van der Waals surface area contributed by atoms with E-state index in [9.17, 15) is 14.0 Å². The minimum Gasteiger partial charge on any atom is -0.338 e. The molecule has 2 atom stereocenters. The maximum atomic E-state index is 13.1. The van der Waals surface area contributed by atoms with Crippen molar-refractivity contribution in [3.8, 4) is 0 Å². The monoisotopic (exact) mass is 382 g/mol. The van der Waals surface area contributed by atoms with Crippen LogP contribution in [0.1, 0.15) is 54.9 Å². The minimum absolute atomic E-state index is 0.0487. The van der Waals surface area contributed by atoms with E-state index in [1.165, 1.54) is 24.3 Å². The van der Waals surface area contributed by atoms with Gasteiger partial charge in [-0.3, -0.25) is 9.59 Å². The lowest BCUT2D eigenvalue weighted by molar-refractivity contribution is -0.121. The van der Waals surface area contributed by atoms with Crippen LogP contribution in [0.2, 0.25) is 0 Å². The van der Waals surface area contributed by atoms with Gasteiger partial charge in [-0.2, -0.15) is 0 Å². The number of amides is 2. The number of anilines is 1. The Kier molecular flexibility index (Phi) is 6.45. The molecule has 4 nitrogen and oxygen atoms in total. The molecule has 148 valence electrons. The fourth-order valence-corrected chi connectivity index (χ4v) is 3.65. The van der Waals surface area contributed by atoms with Crippen LogP contribution >= 0.6 is 0 Å². The van der Waals surface area contributed by atoms with Gasteiger partial charge in [-0.05, 0) is 61.1 Å². The molecule has 0 spiro atoms. The lowest BCUT2D eigenvalue weighted by Gasteiger charge is -2.32. The number of likely N-dealkylation sites (tertiary alicyclic amines) is 1. The maximum absolute atomic E-state index is 13.1. The van der Waals surface area contributed by atoms with E-state index in [1.54, 1.807) is 4.90 Å². The normalized spacial score (nSPS) is 17.8. The SMILES string of the molecule is CC[C@H](C)c1ccccc1NC(=O)[C@@H]1CCCN(C(=O)c2ccc(F)cc2)C1. The Morgan fingerprint density at radius 2 is 1.89 bits per heavy atom. The molecule has 2 amide bonds. The second-order valence-electron chi connectivity index (χ2n) is 7.48. The molecule has 1 aliphatic heterocycles. The lowest BCUT2D eigenvalue weighted by Crippen LogP contribution is -2.43. The average molecular weight is 382 g/mol. The molecule has 0 radical (unpaired) electrons. The van der Waals surface area contributed by atoms with Gasteiger partial charge in [-0.25, -0.2) is 4.39 Å². The van der Waals surface area contributed by atoms with Crippen LogP contribution in [0, 0.1) is 11.7 Å². The molecule has 2 aromatic rings. The Hall–Kier alpha value is -2.69. The van der Waals surface area contributed by atoms with Crippen molar-refractivity contribution in [3.63, 3.8) is 0 Å². The molecule has 0 aliphatic carbocycles. The van der Waals surface area contributed by atoms with Crippen LogP contribution in [-0.4, -0.2) is 29.8 Å². The number of carbonyl (C=O) groups excluding carboxylic acids is 2. The third-order valence-electron chi connectivity index (χ3n) is 5.53. The van der Waals surface area contributed by atoms with Crippen molar-refractivity contribution in [2.45, 2.75) is 39.0 Å². The van der Waals surface area contributed by atoms with Crippen molar-refractivity contribution in [2.24, 2.45) is 5.92 Å². The molecule has 0 bridgehead atoms. The van der Waals surface area contributed by atoms with Crippen molar-refractivity contribution in [2.75, 3.05) is 18.4 Å². The summed E-state index contributed by atoms with van der Waals surface area (Å²) in [5.74, 6) is -0.458. The molecule has 1 saturated heterocycles. The minimum atomic E-state index is -0.368. The van der Waals surface area contributed by atoms with E-state index < -0.39 is 0 Å². The summed E-state index contributed by atoms with van der Waals surface area (Å²) in [6.07, 6.45) is 2.53. The molecular formula is C23H27FN2O2. The van der Waals surface area contributed by atoms with Crippen LogP contribution in [0.3, 0.4) is 0 Å². The molecular weight excluding hydrogens is 355 g/mol. The van der Waals surface area contributed by atoms with E-state index in [-0.39, 0.29) is 23.5 Å². The van der Waals surface area contributed by atoms with Gasteiger partial charge < -0.3 is 10.2 Å².